The third-order valence-electron chi connectivity index (χ3n) is 3.43. The Kier molecular flexibility index (Phi) is 3.70. The predicted molar refractivity (Wildman–Crippen MR) is 79.0 cm³/mol. The maximum atomic E-state index is 9.14. The summed E-state index contributed by atoms with van der Waals surface area (Å²) < 4.78 is 5.79. The molecule has 1 aliphatic rings. The van der Waals surface area contributed by atoms with E-state index >= 15 is 0 Å². The van der Waals surface area contributed by atoms with E-state index in [1.807, 2.05) is 12.1 Å². The van der Waals surface area contributed by atoms with Gasteiger partial charge in [-0.05, 0) is 37.0 Å². The summed E-state index contributed by atoms with van der Waals surface area (Å²) in [6, 6.07) is 10.4. The zero-order chi connectivity index (χ0) is 13.9. The number of rotatable bonds is 5. The van der Waals surface area contributed by atoms with Crippen molar-refractivity contribution in [3.05, 3.63) is 45.4 Å². The molecular formula is C16H16N2OS. The Morgan fingerprint density at radius 3 is 3.00 bits per heavy atom. The van der Waals surface area contributed by atoms with Crippen LogP contribution in [0.3, 0.4) is 0 Å². The highest BCUT2D eigenvalue weighted by molar-refractivity contribution is 7.12. The van der Waals surface area contributed by atoms with Gasteiger partial charge in [0.05, 0.1) is 5.69 Å². The van der Waals surface area contributed by atoms with Crippen molar-refractivity contribution in [2.75, 3.05) is 0 Å². The van der Waals surface area contributed by atoms with Crippen molar-refractivity contribution >= 4 is 11.3 Å². The minimum absolute atomic E-state index is 0.444. The standard InChI is InChI=1S/C16H16N2OS/c1-2-11-4-3-5-13(8-11)19-10-15-18-16(12-6-7-12)14(9-17)20-15/h3-5,8,12H,2,6-7,10H2,1H3. The first-order chi connectivity index (χ1) is 9.80. The molecule has 0 unspecified atom stereocenters. The van der Waals surface area contributed by atoms with Crippen LogP contribution in [0.15, 0.2) is 24.3 Å². The average Bonchev–Trinajstić information content (AvgIpc) is 3.25. The highest BCUT2D eigenvalue weighted by Crippen LogP contribution is 2.42. The third-order valence-corrected chi connectivity index (χ3v) is 4.38. The normalized spacial score (nSPS) is 14.0. The van der Waals surface area contributed by atoms with E-state index < -0.39 is 0 Å². The number of benzene rings is 1. The Hall–Kier alpha value is -1.86. The summed E-state index contributed by atoms with van der Waals surface area (Å²) in [7, 11) is 0. The Balaban J connectivity index is 1.70. The number of aromatic nitrogens is 1. The number of aryl methyl sites for hydroxylation is 1. The van der Waals surface area contributed by atoms with Crippen molar-refractivity contribution in [3.63, 3.8) is 0 Å². The topological polar surface area (TPSA) is 45.9 Å². The molecule has 0 atom stereocenters. The van der Waals surface area contributed by atoms with Crippen LogP contribution in [0.1, 0.15) is 46.8 Å². The molecule has 1 aromatic carbocycles. The summed E-state index contributed by atoms with van der Waals surface area (Å²) in [6.07, 6.45) is 3.33. The van der Waals surface area contributed by atoms with Crippen molar-refractivity contribution in [2.45, 2.75) is 38.7 Å². The van der Waals surface area contributed by atoms with Gasteiger partial charge in [0.25, 0.3) is 0 Å². The summed E-state index contributed by atoms with van der Waals surface area (Å²) in [5.41, 5.74) is 2.25. The molecule has 1 saturated carbocycles. The Morgan fingerprint density at radius 2 is 2.30 bits per heavy atom. The summed E-state index contributed by atoms with van der Waals surface area (Å²) in [6.45, 7) is 2.57. The maximum Gasteiger partial charge on any atom is 0.140 e. The van der Waals surface area contributed by atoms with Crippen LogP contribution in [0.4, 0.5) is 0 Å². The van der Waals surface area contributed by atoms with E-state index in [1.54, 1.807) is 0 Å². The summed E-state index contributed by atoms with van der Waals surface area (Å²) >= 11 is 1.46. The first kappa shape index (κ1) is 13.1. The molecule has 1 aliphatic carbocycles. The highest BCUT2D eigenvalue weighted by atomic mass is 32.1. The lowest BCUT2D eigenvalue weighted by Crippen LogP contribution is -1.95. The molecule has 3 rings (SSSR count). The molecule has 0 aliphatic heterocycles. The van der Waals surface area contributed by atoms with Gasteiger partial charge < -0.3 is 4.74 Å². The maximum absolute atomic E-state index is 9.14. The molecule has 0 radical (unpaired) electrons. The molecule has 0 spiro atoms. The first-order valence-electron chi connectivity index (χ1n) is 6.91. The monoisotopic (exact) mass is 284 g/mol. The second-order valence-electron chi connectivity index (χ2n) is 5.00. The molecule has 0 bridgehead atoms. The van der Waals surface area contributed by atoms with E-state index in [9.17, 15) is 0 Å². The molecule has 0 saturated heterocycles. The quantitative estimate of drug-likeness (QED) is 0.832. The first-order valence-corrected chi connectivity index (χ1v) is 7.73. The Morgan fingerprint density at radius 1 is 1.45 bits per heavy atom. The Labute approximate surface area is 122 Å². The fourth-order valence-corrected chi connectivity index (χ4v) is 3.01. The van der Waals surface area contributed by atoms with Gasteiger partial charge in [0, 0.05) is 5.92 Å². The number of hydrogen-bond acceptors (Lipinski definition) is 4. The van der Waals surface area contributed by atoms with Crippen molar-refractivity contribution in [1.29, 1.82) is 5.26 Å². The lowest BCUT2D eigenvalue weighted by Gasteiger charge is -2.05. The van der Waals surface area contributed by atoms with Gasteiger partial charge in [-0.2, -0.15) is 5.26 Å². The van der Waals surface area contributed by atoms with E-state index in [2.05, 4.69) is 30.1 Å². The molecule has 102 valence electrons. The van der Waals surface area contributed by atoms with E-state index in [4.69, 9.17) is 10.00 Å². The lowest BCUT2D eigenvalue weighted by molar-refractivity contribution is 0.305. The van der Waals surface area contributed by atoms with Crippen molar-refractivity contribution in [3.8, 4) is 11.8 Å². The molecule has 1 aromatic heterocycles. The number of hydrogen-bond donors (Lipinski definition) is 0. The molecule has 20 heavy (non-hydrogen) atoms. The van der Waals surface area contributed by atoms with Gasteiger partial charge in [0.15, 0.2) is 0 Å². The number of nitrogens with zero attached hydrogens (tertiary/aromatic N) is 2. The Bertz CT molecular complexity index is 653. The van der Waals surface area contributed by atoms with Gasteiger partial charge in [0.1, 0.15) is 28.3 Å². The summed E-state index contributed by atoms with van der Waals surface area (Å²) in [5.74, 6) is 1.38. The van der Waals surface area contributed by atoms with Gasteiger partial charge in [0.2, 0.25) is 0 Å². The third kappa shape index (κ3) is 2.83. The van der Waals surface area contributed by atoms with Crippen LogP contribution < -0.4 is 4.74 Å². The van der Waals surface area contributed by atoms with Crippen LogP contribution in [0, 0.1) is 11.3 Å². The molecule has 1 heterocycles. The van der Waals surface area contributed by atoms with E-state index in [0.29, 0.717) is 12.5 Å². The van der Waals surface area contributed by atoms with Gasteiger partial charge in [-0.15, -0.1) is 11.3 Å². The van der Waals surface area contributed by atoms with Gasteiger partial charge in [-0.1, -0.05) is 19.1 Å². The minimum atomic E-state index is 0.444. The zero-order valence-electron chi connectivity index (χ0n) is 11.4. The minimum Gasteiger partial charge on any atom is -0.486 e. The second kappa shape index (κ2) is 5.64. The molecule has 1 fully saturated rings. The van der Waals surface area contributed by atoms with E-state index in [0.717, 1.165) is 40.6 Å². The number of thiazole rings is 1. The fraction of sp³-hybridized carbons (Fsp3) is 0.375. The lowest BCUT2D eigenvalue weighted by atomic mass is 10.2. The SMILES string of the molecule is CCc1cccc(OCc2nc(C3CC3)c(C#N)s2)c1. The predicted octanol–water partition coefficient (Wildman–Crippen LogP) is 4.03. The average molecular weight is 284 g/mol. The fourth-order valence-electron chi connectivity index (χ4n) is 2.15. The highest BCUT2D eigenvalue weighted by Gasteiger charge is 2.29. The molecule has 4 heteroatoms. The van der Waals surface area contributed by atoms with E-state index in [1.165, 1.54) is 16.9 Å². The second-order valence-corrected chi connectivity index (χ2v) is 6.08. The van der Waals surface area contributed by atoms with Gasteiger partial charge >= 0.3 is 0 Å². The number of ether oxygens (including phenoxy) is 1. The van der Waals surface area contributed by atoms with Crippen LogP contribution in [0.25, 0.3) is 0 Å². The zero-order valence-corrected chi connectivity index (χ0v) is 12.2. The molecule has 0 N–H and O–H groups in total. The largest absolute Gasteiger partial charge is 0.486 e. The van der Waals surface area contributed by atoms with Crippen molar-refractivity contribution < 1.29 is 4.74 Å². The molecule has 2 aromatic rings. The summed E-state index contributed by atoms with van der Waals surface area (Å²) in [4.78, 5) is 5.33. The van der Waals surface area contributed by atoms with Crippen LogP contribution in [-0.2, 0) is 13.0 Å². The molecular weight excluding hydrogens is 268 g/mol. The van der Waals surface area contributed by atoms with Crippen LogP contribution in [0.2, 0.25) is 0 Å². The van der Waals surface area contributed by atoms with Gasteiger partial charge in [-0.25, -0.2) is 4.98 Å². The smallest absolute Gasteiger partial charge is 0.140 e. The summed E-state index contributed by atoms with van der Waals surface area (Å²) in [5, 5.41) is 10.0. The number of nitriles is 1. The van der Waals surface area contributed by atoms with Crippen LogP contribution >= 0.6 is 11.3 Å². The molecule has 3 nitrogen and oxygen atoms in total. The van der Waals surface area contributed by atoms with Crippen LogP contribution in [0.5, 0.6) is 5.75 Å². The van der Waals surface area contributed by atoms with Crippen LogP contribution in [-0.4, -0.2) is 4.98 Å². The van der Waals surface area contributed by atoms with Gasteiger partial charge in [-0.3, -0.25) is 0 Å². The van der Waals surface area contributed by atoms with Crippen molar-refractivity contribution in [2.24, 2.45) is 0 Å². The van der Waals surface area contributed by atoms with E-state index in [-0.39, 0.29) is 0 Å². The molecule has 0 amide bonds. The van der Waals surface area contributed by atoms with Crippen molar-refractivity contribution in [1.82, 2.24) is 4.98 Å².